The van der Waals surface area contributed by atoms with Crippen LogP contribution in [0.15, 0.2) is 58.8 Å². The molecule has 10 heteroatoms. The van der Waals surface area contributed by atoms with Gasteiger partial charge in [0.25, 0.3) is 0 Å². The van der Waals surface area contributed by atoms with Gasteiger partial charge in [-0.3, -0.25) is 9.36 Å². The Bertz CT molecular complexity index is 1070. The fourth-order valence-electron chi connectivity index (χ4n) is 2.71. The molecular formula is C21H21BrClN5O2S. The van der Waals surface area contributed by atoms with E-state index in [1.54, 1.807) is 24.4 Å². The van der Waals surface area contributed by atoms with Crippen LogP contribution in [-0.4, -0.2) is 31.4 Å². The Hall–Kier alpha value is -2.36. The quantitative estimate of drug-likeness (QED) is 0.297. The monoisotopic (exact) mass is 521 g/mol. The van der Waals surface area contributed by atoms with Crippen molar-refractivity contribution in [3.05, 3.63) is 70.1 Å². The van der Waals surface area contributed by atoms with Crippen molar-refractivity contribution in [3.63, 3.8) is 0 Å². The maximum Gasteiger partial charge on any atom is 0.236 e. The number of benzene rings is 1. The molecular weight excluding hydrogens is 502 g/mol. The number of carbonyl (C=O) groups excluding carboxylic acids is 1. The second kappa shape index (κ2) is 10.8. The summed E-state index contributed by atoms with van der Waals surface area (Å²) in [5.41, 5.74) is 0.932. The summed E-state index contributed by atoms with van der Waals surface area (Å²) in [4.78, 5) is 16.4. The predicted molar refractivity (Wildman–Crippen MR) is 127 cm³/mol. The number of halogens is 2. The van der Waals surface area contributed by atoms with Crippen LogP contribution in [0.25, 0.3) is 0 Å². The minimum atomic E-state index is -0.358. The van der Waals surface area contributed by atoms with Crippen molar-refractivity contribution in [2.75, 3.05) is 11.1 Å². The van der Waals surface area contributed by atoms with E-state index in [-0.39, 0.29) is 17.8 Å². The van der Waals surface area contributed by atoms with Gasteiger partial charge < -0.3 is 10.1 Å². The van der Waals surface area contributed by atoms with E-state index >= 15 is 0 Å². The molecule has 0 aliphatic heterocycles. The molecule has 3 aromatic rings. The Balaban J connectivity index is 1.67. The lowest BCUT2D eigenvalue weighted by atomic mass is 10.2. The maximum absolute atomic E-state index is 12.3. The van der Waals surface area contributed by atoms with Crippen LogP contribution in [0.5, 0.6) is 5.75 Å². The van der Waals surface area contributed by atoms with Crippen molar-refractivity contribution < 1.29 is 9.53 Å². The van der Waals surface area contributed by atoms with Crippen LogP contribution in [0, 0.1) is 6.92 Å². The summed E-state index contributed by atoms with van der Waals surface area (Å²) < 4.78 is 8.76. The lowest BCUT2D eigenvalue weighted by Gasteiger charge is -2.16. The van der Waals surface area contributed by atoms with Gasteiger partial charge in [-0.2, -0.15) is 0 Å². The summed E-state index contributed by atoms with van der Waals surface area (Å²) >= 11 is 10.7. The zero-order chi connectivity index (χ0) is 22.4. The highest BCUT2D eigenvalue weighted by molar-refractivity contribution is 9.10. The molecule has 0 fully saturated rings. The molecule has 0 saturated carbocycles. The minimum absolute atomic E-state index is 0.165. The van der Waals surface area contributed by atoms with Crippen molar-refractivity contribution in [2.45, 2.75) is 31.7 Å². The average Bonchev–Trinajstić information content (AvgIpc) is 3.14. The summed E-state index contributed by atoms with van der Waals surface area (Å²) in [5, 5.41) is 12.6. The highest BCUT2D eigenvalue weighted by Gasteiger charge is 2.20. The molecule has 1 unspecified atom stereocenters. The van der Waals surface area contributed by atoms with Gasteiger partial charge in [0.2, 0.25) is 5.91 Å². The topological polar surface area (TPSA) is 81.9 Å². The zero-order valence-corrected chi connectivity index (χ0v) is 20.2. The molecule has 1 aromatic carbocycles. The van der Waals surface area contributed by atoms with Crippen LogP contribution in [0.3, 0.4) is 0 Å². The lowest BCUT2D eigenvalue weighted by Crippen LogP contribution is -2.16. The largest absolute Gasteiger partial charge is 0.483 e. The molecule has 0 aliphatic rings. The van der Waals surface area contributed by atoms with E-state index in [2.05, 4.69) is 43.0 Å². The van der Waals surface area contributed by atoms with Crippen LogP contribution in [-0.2, 0) is 11.3 Å². The Morgan fingerprint density at radius 2 is 2.19 bits per heavy atom. The molecule has 3 rings (SSSR count). The maximum atomic E-state index is 12.3. The van der Waals surface area contributed by atoms with E-state index in [0.29, 0.717) is 34.1 Å². The first-order valence-corrected chi connectivity index (χ1v) is 11.5. The van der Waals surface area contributed by atoms with E-state index in [1.165, 1.54) is 11.8 Å². The summed E-state index contributed by atoms with van der Waals surface area (Å²) in [6, 6.07) is 9.03. The number of anilines is 1. The van der Waals surface area contributed by atoms with Gasteiger partial charge in [0.05, 0.1) is 5.75 Å². The van der Waals surface area contributed by atoms with Crippen LogP contribution in [0.2, 0.25) is 5.02 Å². The average molecular weight is 523 g/mol. The third-order valence-electron chi connectivity index (χ3n) is 4.19. The number of allylic oxidation sites excluding steroid dienone is 1. The molecule has 0 aliphatic carbocycles. The van der Waals surface area contributed by atoms with E-state index in [9.17, 15) is 4.79 Å². The standard InChI is InChI=1S/C21H21BrClN5O2S/c1-4-9-28-20(14(3)30-16-6-7-17(23)13(2)10-16)26-27-21(28)31-12-19(29)25-18-8-5-15(22)11-24-18/h4-8,10-11,14H,1,9,12H2,2-3H3,(H,24,25,29). The van der Waals surface area contributed by atoms with Crippen molar-refractivity contribution in [1.82, 2.24) is 19.7 Å². The Kier molecular flexibility index (Phi) is 8.11. The number of hydrogen-bond acceptors (Lipinski definition) is 6. The van der Waals surface area contributed by atoms with Gasteiger partial charge in [-0.15, -0.1) is 16.8 Å². The second-order valence-corrected chi connectivity index (χ2v) is 8.88. The van der Waals surface area contributed by atoms with Gasteiger partial charge in [0, 0.05) is 22.2 Å². The molecule has 0 spiro atoms. The van der Waals surface area contributed by atoms with E-state index < -0.39 is 0 Å². The fourth-order valence-corrected chi connectivity index (χ4v) is 3.82. The molecule has 2 heterocycles. The summed E-state index contributed by atoms with van der Waals surface area (Å²) in [7, 11) is 0. The number of thioether (sulfide) groups is 1. The smallest absolute Gasteiger partial charge is 0.236 e. The summed E-state index contributed by atoms with van der Waals surface area (Å²) in [5.74, 6) is 1.81. The lowest BCUT2D eigenvalue weighted by molar-refractivity contribution is -0.113. The fraction of sp³-hybridized carbons (Fsp3) is 0.238. The van der Waals surface area contributed by atoms with Crippen LogP contribution < -0.4 is 10.1 Å². The molecule has 7 nitrogen and oxygen atoms in total. The van der Waals surface area contributed by atoms with E-state index in [4.69, 9.17) is 16.3 Å². The van der Waals surface area contributed by atoms with Crippen LogP contribution >= 0.6 is 39.3 Å². The number of nitrogens with zero attached hydrogens (tertiary/aromatic N) is 4. The van der Waals surface area contributed by atoms with Gasteiger partial charge in [0.15, 0.2) is 17.1 Å². The molecule has 1 atom stereocenters. The van der Waals surface area contributed by atoms with Gasteiger partial charge >= 0.3 is 0 Å². The summed E-state index contributed by atoms with van der Waals surface area (Å²) in [6.45, 7) is 8.12. The molecule has 162 valence electrons. The predicted octanol–water partition coefficient (Wildman–Crippen LogP) is 5.45. The number of aryl methyl sites for hydroxylation is 1. The number of hydrogen-bond donors (Lipinski definition) is 1. The van der Waals surface area contributed by atoms with Gasteiger partial charge in [-0.1, -0.05) is 29.4 Å². The Morgan fingerprint density at radius 3 is 2.87 bits per heavy atom. The third kappa shape index (κ3) is 6.32. The van der Waals surface area contributed by atoms with Crippen molar-refractivity contribution in [1.29, 1.82) is 0 Å². The number of pyridine rings is 1. The first-order chi connectivity index (χ1) is 14.9. The zero-order valence-electron chi connectivity index (χ0n) is 17.0. The molecule has 31 heavy (non-hydrogen) atoms. The van der Waals surface area contributed by atoms with Crippen LogP contribution in [0.4, 0.5) is 5.82 Å². The van der Waals surface area contributed by atoms with Crippen molar-refractivity contribution >= 4 is 51.0 Å². The van der Waals surface area contributed by atoms with Gasteiger partial charge in [0.1, 0.15) is 11.6 Å². The van der Waals surface area contributed by atoms with E-state index in [1.807, 2.05) is 36.6 Å². The molecule has 2 aromatic heterocycles. The number of carbonyl (C=O) groups is 1. The Labute approximate surface area is 198 Å². The van der Waals surface area contributed by atoms with E-state index in [0.717, 1.165) is 10.0 Å². The molecule has 0 saturated heterocycles. The number of amides is 1. The normalized spacial score (nSPS) is 11.7. The van der Waals surface area contributed by atoms with Crippen molar-refractivity contribution in [2.24, 2.45) is 0 Å². The van der Waals surface area contributed by atoms with Gasteiger partial charge in [-0.05, 0) is 65.7 Å². The third-order valence-corrected chi connectivity index (χ3v) is 6.05. The van der Waals surface area contributed by atoms with Crippen LogP contribution in [0.1, 0.15) is 24.4 Å². The highest BCUT2D eigenvalue weighted by atomic mass is 79.9. The number of aromatic nitrogens is 4. The first-order valence-electron chi connectivity index (χ1n) is 9.38. The highest BCUT2D eigenvalue weighted by Crippen LogP contribution is 2.27. The molecule has 1 amide bonds. The second-order valence-electron chi connectivity index (χ2n) is 6.61. The summed E-state index contributed by atoms with van der Waals surface area (Å²) in [6.07, 6.45) is 3.02. The SMILES string of the molecule is C=CCn1c(SCC(=O)Nc2ccc(Br)cn2)nnc1C(C)Oc1ccc(Cl)c(C)c1. The van der Waals surface area contributed by atoms with Gasteiger partial charge in [-0.25, -0.2) is 4.98 Å². The first kappa shape index (κ1) is 23.3. The van der Waals surface area contributed by atoms with Crippen molar-refractivity contribution in [3.8, 4) is 5.75 Å². The number of nitrogens with one attached hydrogen (secondary N) is 1. The molecule has 0 bridgehead atoms. The molecule has 0 radical (unpaired) electrons. The minimum Gasteiger partial charge on any atom is -0.483 e. The molecule has 1 N–H and O–H groups in total. The number of rotatable bonds is 9. The Morgan fingerprint density at radius 1 is 1.39 bits per heavy atom. The number of ether oxygens (including phenoxy) is 1.